The fraction of sp³-hybridized carbons (Fsp3) is 0.452. The zero-order valence-corrected chi connectivity index (χ0v) is 24.2. The van der Waals surface area contributed by atoms with Gasteiger partial charge >= 0.3 is 0 Å². The summed E-state index contributed by atoms with van der Waals surface area (Å²) < 4.78 is 19.9. The van der Waals surface area contributed by atoms with Crippen molar-refractivity contribution < 1.29 is 14.0 Å². The van der Waals surface area contributed by atoms with Crippen molar-refractivity contribution in [3.05, 3.63) is 71.6 Å². The Kier molecular flexibility index (Phi) is 8.37. The highest BCUT2D eigenvalue weighted by atomic mass is 19.1. The number of hydrogen-bond acceptors (Lipinski definition) is 9. The minimum absolute atomic E-state index is 0.261. The van der Waals surface area contributed by atoms with Gasteiger partial charge < -0.3 is 19.9 Å². The molecule has 3 saturated heterocycles. The standard InChI is InChI=1S/C31H37FN8O2/c1-33-24-17-22(16-23(32)18-24)28-8-15-42-40(28)31-20-30(34-21-35-31)36-27-5-4-26(19-29(27)41-3)38-9-6-25(7-10-38)39-13-11-37(2)12-14-39/h4-5,16-21,25,28H,6-15H2,2-3H3,(H,34,35,36)/t28-/m0/s1. The number of nitrogens with zero attached hydrogens (tertiary/aromatic N) is 7. The number of anilines is 4. The third-order valence-electron chi connectivity index (χ3n) is 8.53. The van der Waals surface area contributed by atoms with Gasteiger partial charge in [0, 0.05) is 69.6 Å². The highest BCUT2D eigenvalue weighted by Crippen LogP contribution is 2.37. The van der Waals surface area contributed by atoms with Crippen LogP contribution in [0.4, 0.5) is 33.1 Å². The fourth-order valence-corrected chi connectivity index (χ4v) is 6.18. The summed E-state index contributed by atoms with van der Waals surface area (Å²) in [6.07, 6.45) is 4.46. The maximum absolute atomic E-state index is 14.2. The first kappa shape index (κ1) is 28.2. The van der Waals surface area contributed by atoms with Gasteiger partial charge in [0.2, 0.25) is 0 Å². The second-order valence-electron chi connectivity index (χ2n) is 11.1. The molecule has 1 N–H and O–H groups in total. The molecular weight excluding hydrogens is 535 g/mol. The minimum Gasteiger partial charge on any atom is -0.494 e. The van der Waals surface area contributed by atoms with E-state index in [4.69, 9.17) is 16.1 Å². The number of methoxy groups -OCH3 is 1. The summed E-state index contributed by atoms with van der Waals surface area (Å²) in [4.78, 5) is 25.6. The highest BCUT2D eigenvalue weighted by Gasteiger charge is 2.30. The number of rotatable bonds is 7. The maximum atomic E-state index is 14.2. The topological polar surface area (TPSA) is 73.6 Å². The average Bonchev–Trinajstić information content (AvgIpc) is 3.52. The second kappa shape index (κ2) is 12.5. The Morgan fingerprint density at radius 2 is 1.81 bits per heavy atom. The van der Waals surface area contributed by atoms with Gasteiger partial charge in [-0.2, -0.15) is 0 Å². The Balaban J connectivity index is 1.13. The molecule has 10 nitrogen and oxygen atoms in total. The molecule has 3 aliphatic heterocycles. The van der Waals surface area contributed by atoms with E-state index in [1.807, 2.05) is 6.07 Å². The number of ether oxygens (including phenoxy) is 1. The number of aromatic nitrogens is 2. The molecule has 0 amide bonds. The smallest absolute Gasteiger partial charge is 0.190 e. The summed E-state index contributed by atoms with van der Waals surface area (Å²) in [6.45, 7) is 14.4. The number of piperazine rings is 1. The van der Waals surface area contributed by atoms with E-state index >= 15 is 0 Å². The van der Waals surface area contributed by atoms with Crippen LogP contribution in [0, 0.1) is 12.4 Å². The lowest BCUT2D eigenvalue weighted by Gasteiger charge is -2.42. The summed E-state index contributed by atoms with van der Waals surface area (Å²) in [5.74, 6) is 1.41. The molecule has 220 valence electrons. The largest absolute Gasteiger partial charge is 0.494 e. The van der Waals surface area contributed by atoms with Crippen molar-refractivity contribution in [3.63, 3.8) is 0 Å². The van der Waals surface area contributed by atoms with Crippen LogP contribution in [-0.4, -0.2) is 85.8 Å². The Labute approximate surface area is 246 Å². The quantitative estimate of drug-likeness (QED) is 0.393. The molecule has 11 heteroatoms. The summed E-state index contributed by atoms with van der Waals surface area (Å²) >= 11 is 0. The first-order valence-corrected chi connectivity index (χ1v) is 14.6. The van der Waals surface area contributed by atoms with Crippen molar-refractivity contribution in [3.8, 4) is 5.75 Å². The predicted molar refractivity (Wildman–Crippen MR) is 161 cm³/mol. The monoisotopic (exact) mass is 572 g/mol. The van der Waals surface area contributed by atoms with Gasteiger partial charge in [-0.15, -0.1) is 0 Å². The molecule has 6 rings (SSSR count). The number of likely N-dealkylation sites (N-methyl/N-ethyl adjacent to an activating group) is 1. The SMILES string of the molecule is [C-]#[N+]c1cc(F)cc([C@@H]2CCON2c2cc(Nc3ccc(N4CCC(N5CCN(C)CC5)CC4)cc3OC)ncn2)c1. The molecule has 3 aromatic rings. The molecule has 0 unspecified atom stereocenters. The molecule has 0 aliphatic carbocycles. The Morgan fingerprint density at radius 3 is 2.57 bits per heavy atom. The van der Waals surface area contributed by atoms with E-state index in [9.17, 15) is 4.39 Å². The van der Waals surface area contributed by atoms with E-state index in [1.165, 1.54) is 44.4 Å². The zero-order chi connectivity index (χ0) is 29.1. The van der Waals surface area contributed by atoms with Gasteiger partial charge in [0.1, 0.15) is 23.7 Å². The van der Waals surface area contributed by atoms with Crippen molar-refractivity contribution in [2.24, 2.45) is 0 Å². The van der Waals surface area contributed by atoms with Crippen LogP contribution in [-0.2, 0) is 4.84 Å². The molecule has 0 bridgehead atoms. The lowest BCUT2D eigenvalue weighted by Crippen LogP contribution is -2.52. The number of hydroxylamine groups is 1. The first-order chi connectivity index (χ1) is 20.5. The van der Waals surface area contributed by atoms with Crippen LogP contribution in [0.3, 0.4) is 0 Å². The Morgan fingerprint density at radius 1 is 1.00 bits per heavy atom. The lowest BCUT2D eigenvalue weighted by atomic mass is 10.0. The van der Waals surface area contributed by atoms with Gasteiger partial charge in [0.15, 0.2) is 11.5 Å². The maximum Gasteiger partial charge on any atom is 0.190 e. The molecule has 1 aromatic heterocycles. The number of halogens is 1. The van der Waals surface area contributed by atoms with E-state index in [0.717, 1.165) is 43.3 Å². The first-order valence-electron chi connectivity index (χ1n) is 14.6. The van der Waals surface area contributed by atoms with Crippen molar-refractivity contribution in [1.29, 1.82) is 0 Å². The molecule has 4 heterocycles. The van der Waals surface area contributed by atoms with Crippen LogP contribution in [0.2, 0.25) is 0 Å². The molecule has 1 atom stereocenters. The summed E-state index contributed by atoms with van der Waals surface area (Å²) in [7, 11) is 3.88. The second-order valence-corrected chi connectivity index (χ2v) is 11.1. The van der Waals surface area contributed by atoms with Crippen LogP contribution >= 0.6 is 0 Å². The van der Waals surface area contributed by atoms with E-state index in [1.54, 1.807) is 24.3 Å². The molecule has 0 saturated carbocycles. The third kappa shape index (κ3) is 6.11. The van der Waals surface area contributed by atoms with Crippen molar-refractivity contribution in [1.82, 2.24) is 19.8 Å². The van der Waals surface area contributed by atoms with Gasteiger partial charge in [0.25, 0.3) is 0 Å². The number of nitrogens with one attached hydrogen (secondary N) is 1. The van der Waals surface area contributed by atoms with E-state index in [0.29, 0.717) is 36.3 Å². The molecular formula is C31H37FN8O2. The molecule has 0 spiro atoms. The molecule has 2 aromatic carbocycles. The van der Waals surface area contributed by atoms with E-state index in [2.05, 4.69) is 54.0 Å². The van der Waals surface area contributed by atoms with Gasteiger partial charge in [-0.25, -0.2) is 24.3 Å². The van der Waals surface area contributed by atoms with Crippen LogP contribution in [0.5, 0.6) is 5.75 Å². The van der Waals surface area contributed by atoms with Crippen molar-refractivity contribution >= 4 is 28.7 Å². The minimum atomic E-state index is -0.440. The van der Waals surface area contributed by atoms with Crippen molar-refractivity contribution in [2.45, 2.75) is 31.3 Å². The third-order valence-corrected chi connectivity index (χ3v) is 8.53. The fourth-order valence-electron chi connectivity index (χ4n) is 6.18. The van der Waals surface area contributed by atoms with E-state index < -0.39 is 5.82 Å². The highest BCUT2D eigenvalue weighted by molar-refractivity contribution is 5.70. The molecule has 42 heavy (non-hydrogen) atoms. The molecule has 0 radical (unpaired) electrons. The van der Waals surface area contributed by atoms with Crippen LogP contribution in [0.25, 0.3) is 4.85 Å². The normalized spacial score (nSPS) is 20.5. The Hall–Kier alpha value is -3.98. The number of benzene rings is 2. The van der Waals surface area contributed by atoms with Gasteiger partial charge in [-0.05, 0) is 49.7 Å². The average molecular weight is 573 g/mol. The van der Waals surface area contributed by atoms with E-state index in [-0.39, 0.29) is 11.7 Å². The van der Waals surface area contributed by atoms with Gasteiger partial charge in [-0.3, -0.25) is 9.74 Å². The summed E-state index contributed by atoms with van der Waals surface area (Å²) in [5.41, 5.74) is 2.89. The van der Waals surface area contributed by atoms with Crippen LogP contribution < -0.4 is 20.0 Å². The molecule has 3 fully saturated rings. The van der Waals surface area contributed by atoms with Crippen LogP contribution in [0.1, 0.15) is 30.9 Å². The summed E-state index contributed by atoms with van der Waals surface area (Å²) in [6, 6.07) is 12.8. The number of hydrogen-bond donors (Lipinski definition) is 1. The number of piperidine rings is 1. The lowest BCUT2D eigenvalue weighted by molar-refractivity contribution is 0.0982. The summed E-state index contributed by atoms with van der Waals surface area (Å²) in [5, 5.41) is 5.03. The van der Waals surface area contributed by atoms with Crippen LogP contribution in [0.15, 0.2) is 48.8 Å². The zero-order valence-electron chi connectivity index (χ0n) is 24.2. The molecule has 3 aliphatic rings. The Bertz CT molecular complexity index is 1430. The predicted octanol–water partition coefficient (Wildman–Crippen LogP) is 5.02. The van der Waals surface area contributed by atoms with Gasteiger partial charge in [0.05, 0.1) is 32.0 Å². The van der Waals surface area contributed by atoms with Gasteiger partial charge in [-0.1, -0.05) is 6.07 Å². The van der Waals surface area contributed by atoms with Crippen molar-refractivity contribution in [2.75, 3.05) is 75.3 Å².